The maximum absolute atomic E-state index is 2.79. The quantitative estimate of drug-likeness (QED) is 0.586. The van der Waals surface area contributed by atoms with Crippen molar-refractivity contribution in [1.29, 1.82) is 0 Å². The zero-order chi connectivity index (χ0) is 7.56. The number of benzene rings is 1. The lowest BCUT2D eigenvalue weighted by atomic mass is 10.1. The number of hydrogen-bond donors (Lipinski definition) is 0. The van der Waals surface area contributed by atoms with Crippen molar-refractivity contribution >= 4 is 28.7 Å². The molecule has 1 rings (SSSR count). The monoisotopic (exact) mass is 182 g/mol. The molecule has 2 radical (unpaired) electrons. The molecule has 0 heterocycles. The van der Waals surface area contributed by atoms with Crippen LogP contribution in [0.3, 0.4) is 0 Å². The van der Waals surface area contributed by atoms with E-state index in [0.29, 0.717) is 4.78 Å². The van der Waals surface area contributed by atoms with Gasteiger partial charge in [0.1, 0.15) is 16.3 Å². The maximum Gasteiger partial charge on any atom is 0.131 e. The van der Waals surface area contributed by atoms with Gasteiger partial charge >= 0.3 is 0 Å². The van der Waals surface area contributed by atoms with Gasteiger partial charge in [0, 0.05) is 0 Å². The SMILES string of the molecule is Cc1ccc([CH](C)[Al])cc1.Cl. The second kappa shape index (κ2) is 4.83. The summed E-state index contributed by atoms with van der Waals surface area (Å²) >= 11 is 2.79. The van der Waals surface area contributed by atoms with E-state index in [9.17, 15) is 0 Å². The van der Waals surface area contributed by atoms with Crippen LogP contribution >= 0.6 is 12.4 Å². The molecule has 1 aromatic rings. The smallest absolute Gasteiger partial charge is 0.131 e. The Kier molecular flexibility index (Phi) is 4.85. The van der Waals surface area contributed by atoms with Crippen molar-refractivity contribution < 1.29 is 0 Å². The summed E-state index contributed by atoms with van der Waals surface area (Å²) in [6.07, 6.45) is 0. The van der Waals surface area contributed by atoms with Gasteiger partial charge < -0.3 is 0 Å². The second-order valence-corrected chi connectivity index (χ2v) is 3.70. The van der Waals surface area contributed by atoms with Gasteiger partial charge in [0.2, 0.25) is 0 Å². The molecule has 1 aromatic carbocycles. The normalized spacial score (nSPS) is 11.8. The van der Waals surface area contributed by atoms with Gasteiger partial charge in [-0.2, -0.15) is 0 Å². The second-order valence-electron chi connectivity index (χ2n) is 2.70. The van der Waals surface area contributed by atoms with Gasteiger partial charge in [0.25, 0.3) is 0 Å². The van der Waals surface area contributed by atoms with Crippen LogP contribution in [0.15, 0.2) is 24.3 Å². The molecule has 58 valence electrons. The summed E-state index contributed by atoms with van der Waals surface area (Å²) in [6, 6.07) is 8.64. The summed E-state index contributed by atoms with van der Waals surface area (Å²) in [4.78, 5) is 0. The first kappa shape index (κ1) is 11.0. The Morgan fingerprint density at radius 1 is 1.18 bits per heavy atom. The molecule has 11 heavy (non-hydrogen) atoms. The van der Waals surface area contributed by atoms with Crippen LogP contribution in [-0.2, 0) is 0 Å². The molecule has 0 saturated heterocycles. The number of hydrogen-bond acceptors (Lipinski definition) is 0. The van der Waals surface area contributed by atoms with E-state index in [2.05, 4.69) is 54.4 Å². The summed E-state index contributed by atoms with van der Waals surface area (Å²) in [5, 5.41) is 0. The van der Waals surface area contributed by atoms with Crippen molar-refractivity contribution in [3.05, 3.63) is 35.4 Å². The third-order valence-corrected chi connectivity index (χ3v) is 1.99. The molecule has 0 N–H and O–H groups in total. The summed E-state index contributed by atoms with van der Waals surface area (Å²) in [6.45, 7) is 4.28. The third-order valence-electron chi connectivity index (χ3n) is 1.60. The van der Waals surface area contributed by atoms with Crippen LogP contribution in [0, 0.1) is 6.92 Å². The minimum atomic E-state index is 0. The molecule has 2 heteroatoms. The largest absolute Gasteiger partial charge is 0.147 e. The molecule has 0 aromatic heterocycles. The van der Waals surface area contributed by atoms with Crippen molar-refractivity contribution in [2.45, 2.75) is 18.6 Å². The van der Waals surface area contributed by atoms with Crippen LogP contribution < -0.4 is 0 Å². The Balaban J connectivity index is 0.000001000. The van der Waals surface area contributed by atoms with Crippen LogP contribution in [-0.4, -0.2) is 16.3 Å². The lowest BCUT2D eigenvalue weighted by Crippen LogP contribution is -1.90. The lowest BCUT2D eigenvalue weighted by Gasteiger charge is -2.04. The number of halogens is 1. The fourth-order valence-electron chi connectivity index (χ4n) is 0.870. The molecule has 0 fully saturated rings. The first-order chi connectivity index (χ1) is 4.70. The molecule has 1 unspecified atom stereocenters. The average molecular weight is 183 g/mol. The molecule has 0 saturated carbocycles. The Morgan fingerprint density at radius 2 is 1.64 bits per heavy atom. The minimum Gasteiger partial charge on any atom is -0.147 e. The van der Waals surface area contributed by atoms with Crippen LogP contribution in [0.5, 0.6) is 0 Å². The minimum absolute atomic E-state index is 0. The Morgan fingerprint density at radius 3 is 2.00 bits per heavy atom. The molecule has 0 nitrogen and oxygen atoms in total. The first-order valence-corrected chi connectivity index (χ1v) is 4.19. The molecule has 0 bridgehead atoms. The van der Waals surface area contributed by atoms with Gasteiger partial charge in [-0.3, -0.25) is 0 Å². The zero-order valence-electron chi connectivity index (χ0n) is 6.87. The van der Waals surface area contributed by atoms with E-state index < -0.39 is 0 Å². The van der Waals surface area contributed by atoms with Gasteiger partial charge in [-0.25, -0.2) is 0 Å². The van der Waals surface area contributed by atoms with Gasteiger partial charge in [-0.1, -0.05) is 47.1 Å². The van der Waals surface area contributed by atoms with Gasteiger partial charge in [-0.15, -0.1) is 12.4 Å². The fraction of sp³-hybridized carbons (Fsp3) is 0.333. The topological polar surface area (TPSA) is 0 Å². The van der Waals surface area contributed by atoms with Gasteiger partial charge in [0.15, 0.2) is 0 Å². The van der Waals surface area contributed by atoms with Crippen LogP contribution in [0.2, 0.25) is 0 Å². The maximum atomic E-state index is 2.79. The third kappa shape index (κ3) is 3.29. The number of aryl methyl sites for hydroxylation is 1. The van der Waals surface area contributed by atoms with E-state index >= 15 is 0 Å². The highest BCUT2D eigenvalue weighted by Crippen LogP contribution is 2.11. The van der Waals surface area contributed by atoms with Gasteiger partial charge in [0.05, 0.1) is 0 Å². The molecular weight excluding hydrogens is 171 g/mol. The molecule has 0 aliphatic carbocycles. The van der Waals surface area contributed by atoms with Crippen molar-refractivity contribution in [1.82, 2.24) is 0 Å². The van der Waals surface area contributed by atoms with E-state index in [-0.39, 0.29) is 12.4 Å². The predicted octanol–water partition coefficient (Wildman–Crippen LogP) is 2.65. The summed E-state index contributed by atoms with van der Waals surface area (Å²) in [7, 11) is 0. The molecule has 0 aliphatic heterocycles. The van der Waals surface area contributed by atoms with Crippen LogP contribution in [0.1, 0.15) is 22.8 Å². The van der Waals surface area contributed by atoms with E-state index in [4.69, 9.17) is 0 Å². The van der Waals surface area contributed by atoms with E-state index in [1.165, 1.54) is 11.1 Å². The van der Waals surface area contributed by atoms with E-state index in [0.717, 1.165) is 0 Å². The van der Waals surface area contributed by atoms with Crippen LogP contribution in [0.4, 0.5) is 0 Å². The summed E-state index contributed by atoms with van der Waals surface area (Å²) in [5.74, 6) is 0. The standard InChI is InChI=1S/C9H11.Al.ClH/c1-3-9-6-4-8(2)5-7-9;;/h3-7H,1-2H3;;1H. The average Bonchev–Trinajstić information content (AvgIpc) is 1.88. The molecule has 0 aliphatic rings. The number of rotatable bonds is 1. The molecule has 0 spiro atoms. The van der Waals surface area contributed by atoms with Crippen molar-refractivity contribution in [3.8, 4) is 0 Å². The van der Waals surface area contributed by atoms with Crippen molar-refractivity contribution in [2.24, 2.45) is 0 Å². The lowest BCUT2D eigenvalue weighted by molar-refractivity contribution is 1.08. The van der Waals surface area contributed by atoms with Crippen LogP contribution in [0.25, 0.3) is 0 Å². The van der Waals surface area contributed by atoms with Crippen molar-refractivity contribution in [2.75, 3.05) is 0 Å². The molecule has 1 atom stereocenters. The Labute approximate surface area is 82.8 Å². The highest BCUT2D eigenvalue weighted by Gasteiger charge is 1.94. The zero-order valence-corrected chi connectivity index (χ0v) is 8.84. The first-order valence-electron chi connectivity index (χ1n) is 3.52. The fourth-order valence-corrected chi connectivity index (χ4v) is 1.09. The summed E-state index contributed by atoms with van der Waals surface area (Å²) in [5.41, 5.74) is 2.71. The summed E-state index contributed by atoms with van der Waals surface area (Å²) < 4.78 is 0.570. The highest BCUT2D eigenvalue weighted by molar-refractivity contribution is 6.12. The molecule has 0 amide bonds. The van der Waals surface area contributed by atoms with Crippen molar-refractivity contribution in [3.63, 3.8) is 0 Å². The van der Waals surface area contributed by atoms with E-state index in [1.807, 2.05) is 0 Å². The van der Waals surface area contributed by atoms with E-state index in [1.54, 1.807) is 0 Å². The Hall–Kier alpha value is 0.0425. The Bertz CT molecular complexity index is 203. The molecular formula is C9H12AlCl. The predicted molar refractivity (Wildman–Crippen MR) is 52.6 cm³/mol. The highest BCUT2D eigenvalue weighted by atomic mass is 35.5. The van der Waals surface area contributed by atoms with Gasteiger partial charge in [-0.05, 0) is 6.92 Å².